The standard InChI is InChI=1S/C22H31N3O4/c1-6-18(24-20(27)15(2)23-21(28)29-22(3,4)5)11-12-19(26)25-13-16-9-7-8-10-17(16)14-25/h7-12,15,18H,6,13-14H2,1-5H3,(H,23,28)(H,24,27)/b12-11+/t15-,18-/m0/s1. The molecule has 0 aliphatic carbocycles. The van der Waals surface area contributed by atoms with Crippen LogP contribution in [0.25, 0.3) is 0 Å². The first-order valence-corrected chi connectivity index (χ1v) is 9.93. The number of ether oxygens (including phenoxy) is 1. The molecule has 0 aromatic heterocycles. The van der Waals surface area contributed by atoms with Gasteiger partial charge in [0.2, 0.25) is 11.8 Å². The average molecular weight is 402 g/mol. The molecule has 1 aliphatic rings. The highest BCUT2D eigenvalue weighted by molar-refractivity contribution is 5.89. The first-order chi connectivity index (χ1) is 13.6. The number of nitrogens with zero attached hydrogens (tertiary/aromatic N) is 1. The fourth-order valence-electron chi connectivity index (χ4n) is 2.94. The van der Waals surface area contributed by atoms with E-state index in [4.69, 9.17) is 4.74 Å². The number of fused-ring (bicyclic) bond motifs is 1. The van der Waals surface area contributed by atoms with Gasteiger partial charge in [0.25, 0.3) is 0 Å². The van der Waals surface area contributed by atoms with Gasteiger partial charge in [-0.1, -0.05) is 37.3 Å². The minimum absolute atomic E-state index is 0.0890. The smallest absolute Gasteiger partial charge is 0.408 e. The normalized spacial score (nSPS) is 15.6. The van der Waals surface area contributed by atoms with Gasteiger partial charge in [0.1, 0.15) is 11.6 Å². The zero-order valence-corrected chi connectivity index (χ0v) is 17.8. The van der Waals surface area contributed by atoms with Crippen LogP contribution in [0.3, 0.4) is 0 Å². The number of rotatable bonds is 6. The van der Waals surface area contributed by atoms with Crippen molar-refractivity contribution in [1.82, 2.24) is 15.5 Å². The number of carbonyl (C=O) groups excluding carboxylic acids is 3. The molecular weight excluding hydrogens is 370 g/mol. The summed E-state index contributed by atoms with van der Waals surface area (Å²) in [6, 6.07) is 6.94. The maximum absolute atomic E-state index is 12.5. The van der Waals surface area contributed by atoms with Gasteiger partial charge in [0, 0.05) is 25.2 Å². The lowest BCUT2D eigenvalue weighted by molar-refractivity contribution is -0.126. The van der Waals surface area contributed by atoms with Gasteiger partial charge < -0.3 is 20.3 Å². The van der Waals surface area contributed by atoms with E-state index in [1.165, 1.54) is 6.08 Å². The summed E-state index contributed by atoms with van der Waals surface area (Å²) in [6.07, 6.45) is 3.18. The van der Waals surface area contributed by atoms with Crippen molar-refractivity contribution < 1.29 is 19.1 Å². The second-order valence-corrected chi connectivity index (χ2v) is 8.21. The molecule has 0 radical (unpaired) electrons. The monoisotopic (exact) mass is 401 g/mol. The molecule has 1 aliphatic heterocycles. The van der Waals surface area contributed by atoms with E-state index in [0.717, 1.165) is 11.1 Å². The van der Waals surface area contributed by atoms with Crippen LogP contribution in [-0.2, 0) is 27.4 Å². The minimum Gasteiger partial charge on any atom is -0.444 e. The average Bonchev–Trinajstić information content (AvgIpc) is 3.07. The molecular formula is C22H31N3O4. The van der Waals surface area contributed by atoms with Gasteiger partial charge in [-0.3, -0.25) is 9.59 Å². The van der Waals surface area contributed by atoms with Crippen molar-refractivity contribution in [3.05, 3.63) is 47.5 Å². The van der Waals surface area contributed by atoms with Crippen molar-refractivity contribution in [2.45, 2.75) is 71.8 Å². The van der Waals surface area contributed by atoms with Crippen molar-refractivity contribution in [2.75, 3.05) is 0 Å². The molecule has 1 aromatic rings. The highest BCUT2D eigenvalue weighted by atomic mass is 16.6. The van der Waals surface area contributed by atoms with Crippen LogP contribution in [0.2, 0.25) is 0 Å². The van der Waals surface area contributed by atoms with Crippen molar-refractivity contribution in [3.8, 4) is 0 Å². The molecule has 2 rings (SSSR count). The largest absolute Gasteiger partial charge is 0.444 e. The Balaban J connectivity index is 1.85. The van der Waals surface area contributed by atoms with Crippen LogP contribution >= 0.6 is 0 Å². The van der Waals surface area contributed by atoms with Crippen LogP contribution in [0.4, 0.5) is 4.79 Å². The Labute approximate surface area is 172 Å². The number of hydrogen-bond donors (Lipinski definition) is 2. The molecule has 0 unspecified atom stereocenters. The molecule has 7 nitrogen and oxygen atoms in total. The van der Waals surface area contributed by atoms with Gasteiger partial charge in [0.05, 0.1) is 0 Å². The predicted molar refractivity (Wildman–Crippen MR) is 111 cm³/mol. The zero-order valence-electron chi connectivity index (χ0n) is 17.8. The van der Waals surface area contributed by atoms with Gasteiger partial charge in [-0.25, -0.2) is 4.79 Å². The van der Waals surface area contributed by atoms with E-state index in [2.05, 4.69) is 10.6 Å². The van der Waals surface area contributed by atoms with E-state index in [0.29, 0.717) is 19.5 Å². The number of benzene rings is 1. The third kappa shape index (κ3) is 6.93. The van der Waals surface area contributed by atoms with Gasteiger partial charge in [-0.2, -0.15) is 0 Å². The van der Waals surface area contributed by atoms with Gasteiger partial charge in [0.15, 0.2) is 0 Å². The first kappa shape index (κ1) is 22.5. The van der Waals surface area contributed by atoms with Crippen molar-refractivity contribution in [1.29, 1.82) is 0 Å². The zero-order chi connectivity index (χ0) is 21.6. The molecule has 1 aromatic carbocycles. The molecule has 3 amide bonds. The summed E-state index contributed by atoms with van der Waals surface area (Å²) < 4.78 is 5.16. The number of hydrogen-bond acceptors (Lipinski definition) is 4. The van der Waals surface area contributed by atoms with E-state index in [-0.39, 0.29) is 17.9 Å². The Morgan fingerprint density at radius 2 is 1.72 bits per heavy atom. The lowest BCUT2D eigenvalue weighted by atomic mass is 10.1. The Bertz CT molecular complexity index is 758. The van der Waals surface area contributed by atoms with Crippen LogP contribution in [0.15, 0.2) is 36.4 Å². The summed E-state index contributed by atoms with van der Waals surface area (Å²) >= 11 is 0. The quantitative estimate of drug-likeness (QED) is 0.718. The summed E-state index contributed by atoms with van der Waals surface area (Å²) in [5.74, 6) is -0.429. The maximum atomic E-state index is 12.5. The van der Waals surface area contributed by atoms with Crippen LogP contribution in [-0.4, -0.2) is 40.5 Å². The minimum atomic E-state index is -0.754. The van der Waals surface area contributed by atoms with Gasteiger partial charge in [-0.15, -0.1) is 0 Å². The summed E-state index contributed by atoms with van der Waals surface area (Å²) in [5, 5.41) is 5.34. The Morgan fingerprint density at radius 1 is 1.14 bits per heavy atom. The summed E-state index contributed by atoms with van der Waals surface area (Å²) in [5.41, 5.74) is 1.69. The molecule has 0 bridgehead atoms. The second-order valence-electron chi connectivity index (χ2n) is 8.21. The van der Waals surface area contributed by atoms with Gasteiger partial charge >= 0.3 is 6.09 Å². The molecule has 0 spiro atoms. The molecule has 0 saturated heterocycles. The highest BCUT2D eigenvalue weighted by Gasteiger charge is 2.23. The fraction of sp³-hybridized carbons (Fsp3) is 0.500. The van der Waals surface area contributed by atoms with Crippen LogP contribution in [0.1, 0.15) is 52.2 Å². The summed E-state index contributed by atoms with van der Waals surface area (Å²) in [7, 11) is 0. The molecule has 158 valence electrons. The first-order valence-electron chi connectivity index (χ1n) is 9.93. The molecule has 0 saturated carbocycles. The molecule has 29 heavy (non-hydrogen) atoms. The SMILES string of the molecule is CC[C@@H](/C=C/C(=O)N1Cc2ccccc2C1)NC(=O)[C@H](C)NC(=O)OC(C)(C)C. The number of carbonyl (C=O) groups is 3. The number of nitrogens with one attached hydrogen (secondary N) is 2. The van der Waals surface area contributed by atoms with Crippen molar-refractivity contribution >= 4 is 17.9 Å². The van der Waals surface area contributed by atoms with E-state index >= 15 is 0 Å². The third-order valence-electron chi connectivity index (χ3n) is 4.52. The lowest BCUT2D eigenvalue weighted by Crippen LogP contribution is -2.48. The fourth-order valence-corrected chi connectivity index (χ4v) is 2.94. The van der Waals surface area contributed by atoms with Crippen LogP contribution in [0, 0.1) is 0 Å². The van der Waals surface area contributed by atoms with E-state index in [1.54, 1.807) is 38.7 Å². The Morgan fingerprint density at radius 3 is 2.24 bits per heavy atom. The van der Waals surface area contributed by atoms with E-state index in [1.807, 2.05) is 31.2 Å². The number of amides is 3. The molecule has 2 N–H and O–H groups in total. The van der Waals surface area contributed by atoms with Gasteiger partial charge in [-0.05, 0) is 45.2 Å². The van der Waals surface area contributed by atoms with Crippen molar-refractivity contribution in [2.24, 2.45) is 0 Å². The second kappa shape index (κ2) is 9.58. The summed E-state index contributed by atoms with van der Waals surface area (Å²) in [6.45, 7) is 9.96. The van der Waals surface area contributed by atoms with Crippen LogP contribution < -0.4 is 10.6 Å². The van der Waals surface area contributed by atoms with E-state index < -0.39 is 17.7 Å². The molecule has 1 heterocycles. The Hall–Kier alpha value is -2.83. The predicted octanol–water partition coefficient (Wildman–Crippen LogP) is 2.89. The summed E-state index contributed by atoms with van der Waals surface area (Å²) in [4.78, 5) is 38.4. The maximum Gasteiger partial charge on any atom is 0.408 e. The lowest BCUT2D eigenvalue weighted by Gasteiger charge is -2.22. The van der Waals surface area contributed by atoms with E-state index in [9.17, 15) is 14.4 Å². The molecule has 2 atom stereocenters. The van der Waals surface area contributed by atoms with Crippen LogP contribution in [0.5, 0.6) is 0 Å². The van der Waals surface area contributed by atoms with Crippen molar-refractivity contribution in [3.63, 3.8) is 0 Å². The topological polar surface area (TPSA) is 87.7 Å². The molecule has 0 fully saturated rings. The number of alkyl carbamates (subject to hydrolysis) is 1. The molecule has 7 heteroatoms. The third-order valence-corrected chi connectivity index (χ3v) is 4.52. The highest BCUT2D eigenvalue weighted by Crippen LogP contribution is 2.22. The Kier molecular flexibility index (Phi) is 7.42.